The fourth-order valence-electron chi connectivity index (χ4n) is 4.31. The highest BCUT2D eigenvalue weighted by molar-refractivity contribution is 8.00. The molecule has 172 valence electrons. The van der Waals surface area contributed by atoms with Crippen LogP contribution in [0.3, 0.4) is 0 Å². The number of thioether (sulfide) groups is 1. The maximum atomic E-state index is 11.6. The number of fused-ring (bicyclic) bond motifs is 2. The molecule has 1 aliphatic carbocycles. The quantitative estimate of drug-likeness (QED) is 0.484. The number of hydrogen-bond acceptors (Lipinski definition) is 9. The second kappa shape index (κ2) is 9.98. The van der Waals surface area contributed by atoms with E-state index in [0.29, 0.717) is 36.1 Å². The van der Waals surface area contributed by atoms with E-state index < -0.39 is 0 Å². The lowest BCUT2D eigenvalue weighted by Gasteiger charge is -2.30. The third kappa shape index (κ3) is 5.23. The molecule has 2 aromatic heterocycles. The van der Waals surface area contributed by atoms with Crippen molar-refractivity contribution in [2.45, 2.75) is 55.9 Å². The van der Waals surface area contributed by atoms with Gasteiger partial charge in [0, 0.05) is 25.2 Å². The number of nitrogens with one attached hydrogen (secondary N) is 3. The first-order chi connectivity index (χ1) is 16.2. The Morgan fingerprint density at radius 1 is 1.06 bits per heavy atom. The van der Waals surface area contributed by atoms with E-state index in [4.69, 9.17) is 4.74 Å². The summed E-state index contributed by atoms with van der Waals surface area (Å²) in [5, 5.41) is 10.9. The Balaban J connectivity index is 1.11. The van der Waals surface area contributed by atoms with Gasteiger partial charge in [-0.25, -0.2) is 19.9 Å². The minimum atomic E-state index is -0.0209. The van der Waals surface area contributed by atoms with Crippen molar-refractivity contribution >= 4 is 34.5 Å². The normalized spacial score (nSPS) is 20.3. The molecule has 33 heavy (non-hydrogen) atoms. The van der Waals surface area contributed by atoms with E-state index in [1.807, 2.05) is 12.1 Å². The number of amides is 1. The molecule has 1 aliphatic heterocycles. The Labute approximate surface area is 196 Å². The summed E-state index contributed by atoms with van der Waals surface area (Å²) in [5.41, 5.74) is 3.76. The second-order valence-corrected chi connectivity index (χ2v) is 9.32. The van der Waals surface area contributed by atoms with Crippen molar-refractivity contribution in [1.29, 1.82) is 0 Å². The summed E-state index contributed by atoms with van der Waals surface area (Å²) in [5.74, 6) is 1.50. The average Bonchev–Trinajstić information content (AvgIpc) is 2.86. The van der Waals surface area contributed by atoms with E-state index >= 15 is 0 Å². The largest absolute Gasteiger partial charge is 0.480 e. The number of ether oxygens (including phenoxy) is 1. The van der Waals surface area contributed by atoms with Gasteiger partial charge in [-0.15, -0.1) is 0 Å². The van der Waals surface area contributed by atoms with Gasteiger partial charge < -0.3 is 20.7 Å². The van der Waals surface area contributed by atoms with Crippen molar-refractivity contribution < 1.29 is 9.53 Å². The van der Waals surface area contributed by atoms with E-state index in [0.717, 1.165) is 59.5 Å². The Kier molecular flexibility index (Phi) is 6.65. The molecular formula is C23H27N7O2S. The minimum Gasteiger partial charge on any atom is -0.480 e. The summed E-state index contributed by atoms with van der Waals surface area (Å²) >= 11 is 1.43. The summed E-state index contributed by atoms with van der Waals surface area (Å²) < 4.78 is 5.24. The number of nitrogens with zero attached hydrogens (tertiary/aromatic N) is 4. The number of hydrogen-bond donors (Lipinski definition) is 3. The highest BCUT2D eigenvalue weighted by atomic mass is 32.2. The highest BCUT2D eigenvalue weighted by Gasteiger charge is 2.22. The number of anilines is 1. The zero-order valence-electron chi connectivity index (χ0n) is 18.5. The number of carbonyl (C=O) groups excluding carboxylic acids is 1. The summed E-state index contributed by atoms with van der Waals surface area (Å²) in [6.07, 6.45) is 7.88. The molecule has 9 nitrogen and oxygen atoms in total. The zero-order chi connectivity index (χ0) is 22.6. The number of carbonyl (C=O) groups is 1. The Hall–Kier alpha value is -2.82. The summed E-state index contributed by atoms with van der Waals surface area (Å²) in [6, 6.07) is 7.03. The molecule has 0 bridgehead atoms. The molecular weight excluding hydrogens is 438 g/mol. The van der Waals surface area contributed by atoms with Crippen LogP contribution in [-0.4, -0.2) is 50.8 Å². The molecule has 3 N–H and O–H groups in total. The van der Waals surface area contributed by atoms with Gasteiger partial charge in [0.1, 0.15) is 5.03 Å². The van der Waals surface area contributed by atoms with Gasteiger partial charge in [-0.3, -0.25) is 4.79 Å². The van der Waals surface area contributed by atoms with Crippen LogP contribution in [0.25, 0.3) is 11.0 Å². The van der Waals surface area contributed by atoms with E-state index in [9.17, 15) is 4.79 Å². The van der Waals surface area contributed by atoms with Crippen LogP contribution in [0.1, 0.15) is 36.9 Å². The monoisotopic (exact) mass is 465 g/mol. The first-order valence-electron chi connectivity index (χ1n) is 11.2. The highest BCUT2D eigenvalue weighted by Crippen LogP contribution is 2.27. The molecule has 1 amide bonds. The molecule has 1 saturated carbocycles. The predicted molar refractivity (Wildman–Crippen MR) is 127 cm³/mol. The Morgan fingerprint density at radius 3 is 2.64 bits per heavy atom. The van der Waals surface area contributed by atoms with Crippen LogP contribution in [0.2, 0.25) is 0 Å². The number of benzene rings is 1. The summed E-state index contributed by atoms with van der Waals surface area (Å²) in [7, 11) is 1.61. The molecule has 0 saturated heterocycles. The molecule has 2 aliphatic rings. The van der Waals surface area contributed by atoms with Crippen LogP contribution in [0, 0.1) is 0 Å². The average molecular weight is 466 g/mol. The molecule has 0 spiro atoms. The van der Waals surface area contributed by atoms with Crippen LogP contribution in [0.15, 0.2) is 35.6 Å². The first-order valence-corrected chi connectivity index (χ1v) is 12.2. The SMILES string of the molecule is COc1cnc2cccc(CNC3CCC(NCc4cnc5c(n4)NC(=O)CS5)CC3)c2n1. The fourth-order valence-corrected chi connectivity index (χ4v) is 5.01. The smallest absolute Gasteiger partial charge is 0.236 e. The van der Waals surface area contributed by atoms with Crippen LogP contribution >= 0.6 is 11.8 Å². The van der Waals surface area contributed by atoms with Gasteiger partial charge >= 0.3 is 0 Å². The molecule has 5 rings (SSSR count). The van der Waals surface area contributed by atoms with E-state index in [1.54, 1.807) is 19.5 Å². The van der Waals surface area contributed by atoms with Gasteiger partial charge in [-0.2, -0.15) is 0 Å². The topological polar surface area (TPSA) is 114 Å². The molecule has 1 aromatic carbocycles. The van der Waals surface area contributed by atoms with Gasteiger partial charge in [0.25, 0.3) is 0 Å². The fraction of sp³-hybridized carbons (Fsp3) is 0.435. The molecule has 3 heterocycles. The van der Waals surface area contributed by atoms with E-state index in [1.165, 1.54) is 11.8 Å². The predicted octanol–water partition coefficient (Wildman–Crippen LogP) is 2.66. The van der Waals surface area contributed by atoms with Crippen LogP contribution in [0.5, 0.6) is 5.88 Å². The molecule has 1 fully saturated rings. The summed E-state index contributed by atoms with van der Waals surface area (Å²) in [6.45, 7) is 1.41. The number of methoxy groups -OCH3 is 1. The lowest BCUT2D eigenvalue weighted by atomic mass is 9.91. The maximum Gasteiger partial charge on any atom is 0.236 e. The third-order valence-corrected chi connectivity index (χ3v) is 7.09. The van der Waals surface area contributed by atoms with Gasteiger partial charge in [-0.1, -0.05) is 23.9 Å². The molecule has 10 heteroatoms. The minimum absolute atomic E-state index is 0.0209. The van der Waals surface area contributed by atoms with Crippen molar-refractivity contribution in [3.05, 3.63) is 41.9 Å². The van der Waals surface area contributed by atoms with Gasteiger partial charge in [0.05, 0.1) is 42.0 Å². The van der Waals surface area contributed by atoms with Crippen molar-refractivity contribution in [1.82, 2.24) is 30.6 Å². The lowest BCUT2D eigenvalue weighted by Crippen LogP contribution is -2.39. The van der Waals surface area contributed by atoms with Gasteiger partial charge in [0.15, 0.2) is 5.82 Å². The standard InChI is InChI=1S/C23H27N7O2S/c1-32-20-12-26-18-4-2-3-14(21(18)30-20)9-24-15-5-7-16(8-6-15)25-10-17-11-27-23-22(28-17)29-19(31)13-33-23/h2-4,11-12,15-16,24-25H,5-10,13H2,1H3,(H,28,29,31). The van der Waals surface area contributed by atoms with Crippen LogP contribution in [0.4, 0.5) is 5.82 Å². The van der Waals surface area contributed by atoms with E-state index in [-0.39, 0.29) is 5.91 Å². The molecule has 0 atom stereocenters. The first kappa shape index (κ1) is 22.0. The second-order valence-electron chi connectivity index (χ2n) is 8.36. The Bertz CT molecular complexity index is 1150. The van der Waals surface area contributed by atoms with E-state index in [2.05, 4.69) is 42.0 Å². The van der Waals surface area contributed by atoms with Crippen LogP contribution in [-0.2, 0) is 17.9 Å². The molecule has 0 radical (unpaired) electrons. The Morgan fingerprint density at radius 2 is 1.85 bits per heavy atom. The van der Waals surface area contributed by atoms with Crippen LogP contribution < -0.4 is 20.7 Å². The maximum absolute atomic E-state index is 11.6. The van der Waals surface area contributed by atoms with Crippen molar-refractivity contribution in [3.8, 4) is 5.88 Å². The number of rotatable bonds is 7. The summed E-state index contributed by atoms with van der Waals surface area (Å²) in [4.78, 5) is 29.6. The third-order valence-electron chi connectivity index (χ3n) is 6.11. The van der Waals surface area contributed by atoms with Crippen molar-refractivity contribution in [3.63, 3.8) is 0 Å². The van der Waals surface area contributed by atoms with Gasteiger partial charge in [0.2, 0.25) is 11.8 Å². The number of aromatic nitrogens is 4. The van der Waals surface area contributed by atoms with Crippen molar-refractivity contribution in [2.75, 3.05) is 18.2 Å². The number of para-hydroxylation sites is 1. The van der Waals surface area contributed by atoms with Gasteiger partial charge in [-0.05, 0) is 37.3 Å². The lowest BCUT2D eigenvalue weighted by molar-refractivity contribution is -0.113. The molecule has 0 unspecified atom stereocenters. The van der Waals surface area contributed by atoms with Crippen molar-refractivity contribution in [2.24, 2.45) is 0 Å². The molecule has 3 aromatic rings. The zero-order valence-corrected chi connectivity index (χ0v) is 19.3.